The number of hydrogen-bond acceptors (Lipinski definition) is 3. The number of aromatic nitrogens is 4. The predicted octanol–water partition coefficient (Wildman–Crippen LogP) is 2.46. The largest absolute Gasteiger partial charge is 0.262 e. The molecule has 0 aromatic carbocycles. The van der Waals surface area contributed by atoms with E-state index in [9.17, 15) is 0 Å². The first-order valence-corrected chi connectivity index (χ1v) is 5.74. The lowest BCUT2D eigenvalue weighted by atomic mass is 10.2. The molecule has 1 aliphatic carbocycles. The van der Waals surface area contributed by atoms with Gasteiger partial charge >= 0.3 is 0 Å². The van der Waals surface area contributed by atoms with Crippen molar-refractivity contribution in [2.75, 3.05) is 0 Å². The van der Waals surface area contributed by atoms with Crippen LogP contribution in [-0.2, 0) is 0 Å². The lowest BCUT2D eigenvalue weighted by Gasteiger charge is -2.13. The van der Waals surface area contributed by atoms with E-state index in [2.05, 4.69) is 19.7 Å². The highest BCUT2D eigenvalue weighted by atomic mass is 15.3. The summed E-state index contributed by atoms with van der Waals surface area (Å²) in [6.07, 6.45) is 12.2. The molecule has 2 aromatic rings. The van der Waals surface area contributed by atoms with Gasteiger partial charge in [-0.25, -0.2) is 9.97 Å². The van der Waals surface area contributed by atoms with Crippen molar-refractivity contribution in [1.82, 2.24) is 19.7 Å². The zero-order chi connectivity index (χ0) is 10.8. The molecular weight excluding hydrogens is 200 g/mol. The Bertz CT molecular complexity index is 457. The lowest BCUT2D eigenvalue weighted by molar-refractivity contribution is 0.472. The van der Waals surface area contributed by atoms with Crippen LogP contribution in [0.3, 0.4) is 0 Å². The normalized spacial score (nSPS) is 16.8. The van der Waals surface area contributed by atoms with Gasteiger partial charge in [0.15, 0.2) is 0 Å². The van der Waals surface area contributed by atoms with E-state index in [1.165, 1.54) is 25.7 Å². The van der Waals surface area contributed by atoms with Crippen molar-refractivity contribution in [1.29, 1.82) is 0 Å². The first kappa shape index (κ1) is 9.51. The van der Waals surface area contributed by atoms with Crippen LogP contribution in [0.4, 0.5) is 0 Å². The van der Waals surface area contributed by atoms with Gasteiger partial charge in [-0.2, -0.15) is 5.10 Å². The minimum Gasteiger partial charge on any atom is -0.262 e. The Hall–Kier alpha value is -1.71. The summed E-state index contributed by atoms with van der Waals surface area (Å²) in [5.74, 6) is 0. The smallest absolute Gasteiger partial charge is 0.115 e. The van der Waals surface area contributed by atoms with Gasteiger partial charge in [-0.3, -0.25) is 4.68 Å². The van der Waals surface area contributed by atoms with E-state index in [-0.39, 0.29) is 0 Å². The van der Waals surface area contributed by atoms with Gasteiger partial charge in [0.2, 0.25) is 0 Å². The molecule has 0 saturated heterocycles. The lowest BCUT2D eigenvalue weighted by Crippen LogP contribution is -2.08. The van der Waals surface area contributed by atoms with Crippen LogP contribution in [0.15, 0.2) is 31.0 Å². The molecule has 0 aliphatic heterocycles. The Labute approximate surface area is 94.4 Å². The van der Waals surface area contributed by atoms with Gasteiger partial charge in [-0.1, -0.05) is 12.8 Å². The third kappa shape index (κ3) is 1.60. The predicted molar refractivity (Wildman–Crippen MR) is 60.8 cm³/mol. The second-order valence-corrected chi connectivity index (χ2v) is 4.23. The van der Waals surface area contributed by atoms with E-state index in [1.807, 2.05) is 24.7 Å². The Morgan fingerprint density at radius 2 is 1.88 bits per heavy atom. The van der Waals surface area contributed by atoms with E-state index in [4.69, 9.17) is 0 Å². The summed E-state index contributed by atoms with van der Waals surface area (Å²) in [5, 5.41) is 4.44. The fraction of sp³-hybridized carbons (Fsp3) is 0.417. The first-order chi connectivity index (χ1) is 7.95. The molecular formula is C12H14N4. The third-order valence-corrected chi connectivity index (χ3v) is 3.20. The fourth-order valence-corrected chi connectivity index (χ4v) is 2.41. The molecule has 0 amide bonds. The van der Waals surface area contributed by atoms with Crippen LogP contribution in [0.5, 0.6) is 0 Å². The Morgan fingerprint density at radius 1 is 1.12 bits per heavy atom. The van der Waals surface area contributed by atoms with Crippen molar-refractivity contribution in [2.24, 2.45) is 0 Å². The molecule has 4 nitrogen and oxygen atoms in total. The summed E-state index contributed by atoms with van der Waals surface area (Å²) in [6.45, 7) is 0. The molecule has 1 saturated carbocycles. The molecule has 16 heavy (non-hydrogen) atoms. The molecule has 0 N–H and O–H groups in total. The van der Waals surface area contributed by atoms with Crippen LogP contribution in [0, 0.1) is 0 Å². The highest BCUT2D eigenvalue weighted by molar-refractivity contribution is 5.56. The zero-order valence-corrected chi connectivity index (χ0v) is 9.08. The third-order valence-electron chi connectivity index (χ3n) is 3.20. The topological polar surface area (TPSA) is 43.6 Å². The molecule has 82 valence electrons. The monoisotopic (exact) mass is 214 g/mol. The van der Waals surface area contributed by atoms with Crippen molar-refractivity contribution in [3.05, 3.63) is 31.0 Å². The Kier molecular flexibility index (Phi) is 2.40. The summed E-state index contributed by atoms with van der Waals surface area (Å²) in [4.78, 5) is 8.11. The van der Waals surface area contributed by atoms with Crippen LogP contribution >= 0.6 is 0 Å². The van der Waals surface area contributed by atoms with Crippen LogP contribution in [0.25, 0.3) is 11.3 Å². The average molecular weight is 214 g/mol. The standard InChI is InChI=1S/C12H14N4/c1-2-4-11(3-1)16-12(5-6-15-16)10-7-13-9-14-8-10/h5-9,11H,1-4H2. The molecule has 0 atom stereocenters. The van der Waals surface area contributed by atoms with Gasteiger partial charge < -0.3 is 0 Å². The maximum Gasteiger partial charge on any atom is 0.115 e. The highest BCUT2D eigenvalue weighted by Crippen LogP contribution is 2.32. The first-order valence-electron chi connectivity index (χ1n) is 5.74. The summed E-state index contributed by atoms with van der Waals surface area (Å²) in [7, 11) is 0. The Morgan fingerprint density at radius 3 is 2.62 bits per heavy atom. The van der Waals surface area contributed by atoms with E-state index in [1.54, 1.807) is 6.33 Å². The second-order valence-electron chi connectivity index (χ2n) is 4.23. The molecule has 0 unspecified atom stereocenters. The zero-order valence-electron chi connectivity index (χ0n) is 9.08. The minimum absolute atomic E-state index is 0.560. The molecule has 3 rings (SSSR count). The van der Waals surface area contributed by atoms with Crippen molar-refractivity contribution >= 4 is 0 Å². The number of rotatable bonds is 2. The second kappa shape index (κ2) is 4.04. The maximum atomic E-state index is 4.44. The number of hydrogen-bond donors (Lipinski definition) is 0. The highest BCUT2D eigenvalue weighted by Gasteiger charge is 2.20. The van der Waals surface area contributed by atoms with Crippen molar-refractivity contribution in [2.45, 2.75) is 31.7 Å². The van der Waals surface area contributed by atoms with Crippen LogP contribution in [0.1, 0.15) is 31.7 Å². The Balaban J connectivity index is 1.99. The van der Waals surface area contributed by atoms with E-state index >= 15 is 0 Å². The van der Waals surface area contributed by atoms with Gasteiger partial charge in [-0.05, 0) is 18.9 Å². The quantitative estimate of drug-likeness (QED) is 0.771. The summed E-state index contributed by atoms with van der Waals surface area (Å²) < 4.78 is 2.13. The fourth-order valence-electron chi connectivity index (χ4n) is 2.41. The van der Waals surface area contributed by atoms with Gasteiger partial charge in [0.1, 0.15) is 6.33 Å². The van der Waals surface area contributed by atoms with Crippen LogP contribution < -0.4 is 0 Å². The van der Waals surface area contributed by atoms with Gasteiger partial charge in [0.05, 0.1) is 11.7 Å². The van der Waals surface area contributed by atoms with Crippen LogP contribution in [0.2, 0.25) is 0 Å². The summed E-state index contributed by atoms with van der Waals surface area (Å²) >= 11 is 0. The average Bonchev–Trinajstić information content (AvgIpc) is 3.01. The van der Waals surface area contributed by atoms with Gasteiger partial charge in [-0.15, -0.1) is 0 Å². The maximum absolute atomic E-state index is 4.44. The van der Waals surface area contributed by atoms with Crippen molar-refractivity contribution < 1.29 is 0 Å². The van der Waals surface area contributed by atoms with E-state index in [0.717, 1.165) is 11.3 Å². The summed E-state index contributed by atoms with van der Waals surface area (Å²) in [6, 6.07) is 2.60. The van der Waals surface area contributed by atoms with E-state index < -0.39 is 0 Å². The van der Waals surface area contributed by atoms with Crippen molar-refractivity contribution in [3.63, 3.8) is 0 Å². The minimum atomic E-state index is 0.560. The van der Waals surface area contributed by atoms with E-state index in [0.29, 0.717) is 6.04 Å². The molecule has 0 spiro atoms. The molecule has 2 heterocycles. The molecule has 0 radical (unpaired) electrons. The van der Waals surface area contributed by atoms with Crippen LogP contribution in [-0.4, -0.2) is 19.7 Å². The van der Waals surface area contributed by atoms with Gasteiger partial charge in [0, 0.05) is 24.2 Å². The SMILES string of the molecule is c1ncc(-c2ccnn2C2CCCC2)cn1. The van der Waals surface area contributed by atoms with Gasteiger partial charge in [0.25, 0.3) is 0 Å². The molecule has 1 aliphatic rings. The van der Waals surface area contributed by atoms with Crippen molar-refractivity contribution in [3.8, 4) is 11.3 Å². The molecule has 0 bridgehead atoms. The number of nitrogens with zero attached hydrogens (tertiary/aromatic N) is 4. The molecule has 2 aromatic heterocycles. The summed E-state index contributed by atoms with van der Waals surface area (Å²) in [5.41, 5.74) is 2.18. The molecule has 4 heteroatoms. The molecule has 1 fully saturated rings.